The topological polar surface area (TPSA) is 61.1 Å². The Labute approximate surface area is 177 Å². The van der Waals surface area contributed by atoms with Gasteiger partial charge in [0.2, 0.25) is 0 Å². The molecule has 144 valence electrons. The van der Waals surface area contributed by atoms with E-state index in [0.29, 0.717) is 16.5 Å². The number of fused-ring (bicyclic) bond motifs is 1. The van der Waals surface area contributed by atoms with Crippen molar-refractivity contribution in [3.05, 3.63) is 76.5 Å². The molecule has 0 amide bonds. The quantitative estimate of drug-likeness (QED) is 0.404. The smallest absolute Gasteiger partial charge is 0.157 e. The highest BCUT2D eigenvalue weighted by molar-refractivity contribution is 7.14. The van der Waals surface area contributed by atoms with Crippen LogP contribution in [0.2, 0.25) is 5.02 Å². The highest BCUT2D eigenvalue weighted by atomic mass is 35.5. The second-order valence-electron chi connectivity index (χ2n) is 6.95. The SMILES string of the molecule is Cc1ccc(C)n1-c1ccsc1-c1cc2ncc(-c3cccc(Cl)c3)c(N)n2n1. The molecule has 5 aromatic rings. The number of aromatic nitrogens is 4. The molecule has 1 aromatic carbocycles. The predicted octanol–water partition coefficient (Wildman–Crippen LogP) is 5.77. The van der Waals surface area contributed by atoms with Crippen LogP contribution in [-0.2, 0) is 0 Å². The van der Waals surface area contributed by atoms with E-state index in [1.54, 1.807) is 22.0 Å². The summed E-state index contributed by atoms with van der Waals surface area (Å²) in [6.45, 7) is 4.21. The Morgan fingerprint density at radius 2 is 1.83 bits per heavy atom. The summed E-state index contributed by atoms with van der Waals surface area (Å²) in [5.74, 6) is 0.537. The molecular weight excluding hydrogens is 402 g/mol. The first-order valence-corrected chi connectivity index (χ1v) is 10.4. The summed E-state index contributed by atoms with van der Waals surface area (Å²) in [5, 5.41) is 7.53. The first-order valence-electron chi connectivity index (χ1n) is 9.16. The van der Waals surface area contributed by atoms with Crippen molar-refractivity contribution < 1.29 is 0 Å². The van der Waals surface area contributed by atoms with E-state index in [4.69, 9.17) is 22.4 Å². The lowest BCUT2D eigenvalue weighted by atomic mass is 10.1. The van der Waals surface area contributed by atoms with Crippen LogP contribution in [0.3, 0.4) is 0 Å². The zero-order valence-electron chi connectivity index (χ0n) is 15.9. The zero-order chi connectivity index (χ0) is 20.1. The third-order valence-electron chi connectivity index (χ3n) is 5.05. The van der Waals surface area contributed by atoms with Crippen LogP contribution in [0.4, 0.5) is 5.82 Å². The highest BCUT2D eigenvalue weighted by Crippen LogP contribution is 2.35. The van der Waals surface area contributed by atoms with Crippen molar-refractivity contribution in [2.45, 2.75) is 13.8 Å². The zero-order valence-corrected chi connectivity index (χ0v) is 17.5. The van der Waals surface area contributed by atoms with Gasteiger partial charge in [-0.25, -0.2) is 4.98 Å². The summed E-state index contributed by atoms with van der Waals surface area (Å²) in [6.07, 6.45) is 1.78. The molecule has 5 nitrogen and oxygen atoms in total. The Morgan fingerprint density at radius 3 is 2.59 bits per heavy atom. The van der Waals surface area contributed by atoms with E-state index in [1.807, 2.05) is 30.3 Å². The van der Waals surface area contributed by atoms with E-state index < -0.39 is 0 Å². The minimum Gasteiger partial charge on any atom is -0.383 e. The number of nitrogen functional groups attached to an aromatic ring is 1. The number of nitrogens with two attached hydrogens (primary N) is 1. The molecule has 4 heterocycles. The normalized spacial score (nSPS) is 11.4. The molecule has 0 bridgehead atoms. The van der Waals surface area contributed by atoms with Crippen LogP contribution >= 0.6 is 22.9 Å². The van der Waals surface area contributed by atoms with Gasteiger partial charge >= 0.3 is 0 Å². The van der Waals surface area contributed by atoms with Crippen LogP contribution in [0.1, 0.15) is 11.4 Å². The number of hydrogen-bond donors (Lipinski definition) is 1. The molecule has 0 saturated carbocycles. The highest BCUT2D eigenvalue weighted by Gasteiger charge is 2.17. The van der Waals surface area contributed by atoms with Gasteiger partial charge in [-0.05, 0) is 55.1 Å². The van der Waals surface area contributed by atoms with E-state index in [-0.39, 0.29) is 0 Å². The van der Waals surface area contributed by atoms with Gasteiger partial charge in [0.05, 0.1) is 10.6 Å². The third kappa shape index (κ3) is 2.92. The first-order chi connectivity index (χ1) is 14.0. The Balaban J connectivity index is 1.66. The van der Waals surface area contributed by atoms with Gasteiger partial charge in [-0.15, -0.1) is 11.3 Å². The maximum Gasteiger partial charge on any atom is 0.157 e. The summed E-state index contributed by atoms with van der Waals surface area (Å²) in [7, 11) is 0. The summed E-state index contributed by atoms with van der Waals surface area (Å²) in [4.78, 5) is 5.67. The molecule has 0 aliphatic heterocycles. The summed E-state index contributed by atoms with van der Waals surface area (Å²) in [6, 6.07) is 15.9. The molecule has 0 spiro atoms. The second kappa shape index (κ2) is 6.76. The number of benzene rings is 1. The molecule has 0 unspecified atom stereocenters. The van der Waals surface area contributed by atoms with Crippen LogP contribution < -0.4 is 5.73 Å². The molecule has 0 saturated heterocycles. The average molecular weight is 420 g/mol. The molecular formula is C22H18ClN5S. The minimum absolute atomic E-state index is 0.537. The van der Waals surface area contributed by atoms with Gasteiger partial charge in [0.15, 0.2) is 5.65 Å². The fraction of sp³-hybridized carbons (Fsp3) is 0.0909. The predicted molar refractivity (Wildman–Crippen MR) is 120 cm³/mol. The molecule has 0 radical (unpaired) electrons. The Hall–Kier alpha value is -3.09. The first kappa shape index (κ1) is 18.0. The van der Waals surface area contributed by atoms with E-state index >= 15 is 0 Å². The molecule has 2 N–H and O–H groups in total. The number of anilines is 1. The maximum absolute atomic E-state index is 6.46. The van der Waals surface area contributed by atoms with Crippen molar-refractivity contribution in [3.63, 3.8) is 0 Å². The molecule has 4 aromatic heterocycles. The monoisotopic (exact) mass is 419 g/mol. The maximum atomic E-state index is 6.46. The third-order valence-corrected chi connectivity index (χ3v) is 6.21. The van der Waals surface area contributed by atoms with Gasteiger partial charge in [-0.1, -0.05) is 23.7 Å². The van der Waals surface area contributed by atoms with Crippen LogP contribution in [0.5, 0.6) is 0 Å². The Morgan fingerprint density at radius 1 is 1.03 bits per heavy atom. The van der Waals surface area contributed by atoms with E-state index in [0.717, 1.165) is 27.4 Å². The van der Waals surface area contributed by atoms with Crippen molar-refractivity contribution >= 4 is 34.4 Å². The number of nitrogens with zero attached hydrogens (tertiary/aromatic N) is 4. The van der Waals surface area contributed by atoms with Crippen molar-refractivity contribution in [1.82, 2.24) is 19.2 Å². The lowest BCUT2D eigenvalue weighted by molar-refractivity contribution is 0.950. The average Bonchev–Trinajstić information content (AvgIpc) is 3.40. The van der Waals surface area contributed by atoms with Gasteiger partial charge in [-0.2, -0.15) is 9.61 Å². The molecule has 0 fully saturated rings. The van der Waals surface area contributed by atoms with Crippen LogP contribution in [-0.4, -0.2) is 19.2 Å². The molecule has 0 aliphatic carbocycles. The summed E-state index contributed by atoms with van der Waals surface area (Å²) >= 11 is 7.80. The molecule has 0 atom stereocenters. The number of hydrogen-bond acceptors (Lipinski definition) is 4. The van der Waals surface area contributed by atoms with Crippen LogP contribution in [0, 0.1) is 13.8 Å². The van der Waals surface area contributed by atoms with Gasteiger partial charge in [0, 0.05) is 34.2 Å². The molecule has 7 heteroatoms. The number of rotatable bonds is 3. The van der Waals surface area contributed by atoms with Crippen molar-refractivity contribution in [2.24, 2.45) is 0 Å². The van der Waals surface area contributed by atoms with Crippen LogP contribution in [0.15, 0.2) is 60.1 Å². The van der Waals surface area contributed by atoms with Gasteiger partial charge in [0.25, 0.3) is 0 Å². The lowest BCUT2D eigenvalue weighted by Gasteiger charge is -2.09. The summed E-state index contributed by atoms with van der Waals surface area (Å²) in [5.41, 5.74) is 13.2. The van der Waals surface area contributed by atoms with Gasteiger partial charge in [-0.3, -0.25) is 0 Å². The van der Waals surface area contributed by atoms with E-state index in [1.165, 1.54) is 11.4 Å². The number of thiophene rings is 1. The fourth-order valence-electron chi connectivity index (χ4n) is 3.66. The van der Waals surface area contributed by atoms with E-state index in [9.17, 15) is 0 Å². The van der Waals surface area contributed by atoms with Crippen molar-refractivity contribution in [3.8, 4) is 27.4 Å². The van der Waals surface area contributed by atoms with Crippen molar-refractivity contribution in [2.75, 3.05) is 5.73 Å². The largest absolute Gasteiger partial charge is 0.383 e. The molecule has 5 rings (SSSR count). The van der Waals surface area contributed by atoms with Gasteiger partial charge in [0.1, 0.15) is 11.5 Å². The van der Waals surface area contributed by atoms with Crippen LogP contribution in [0.25, 0.3) is 33.0 Å². The van der Waals surface area contributed by atoms with Crippen molar-refractivity contribution in [1.29, 1.82) is 0 Å². The summed E-state index contributed by atoms with van der Waals surface area (Å²) < 4.78 is 3.94. The Bertz CT molecular complexity index is 1340. The lowest BCUT2D eigenvalue weighted by Crippen LogP contribution is -2.03. The number of halogens is 1. The number of aryl methyl sites for hydroxylation is 2. The standard InChI is InChI=1S/C22H18ClN5S/c1-13-6-7-14(2)27(13)19-8-9-29-21(19)18-11-20-25-12-17(22(24)28(20)26-18)15-4-3-5-16(23)10-15/h3-12H,24H2,1-2H3. The molecule has 0 aliphatic rings. The Kier molecular flexibility index (Phi) is 4.19. The second-order valence-corrected chi connectivity index (χ2v) is 8.31. The molecule has 29 heavy (non-hydrogen) atoms. The van der Waals surface area contributed by atoms with Gasteiger partial charge < -0.3 is 10.3 Å². The van der Waals surface area contributed by atoms with E-state index in [2.05, 4.69) is 47.0 Å². The minimum atomic E-state index is 0.537. The fourth-order valence-corrected chi connectivity index (χ4v) is 4.68.